The Bertz CT molecular complexity index is 97.7. The molecule has 0 bridgehead atoms. The molecule has 0 aromatic carbocycles. The average molecular weight is 159 g/mol. The van der Waals surface area contributed by atoms with E-state index in [2.05, 4.69) is 11.7 Å². The lowest BCUT2D eigenvalue weighted by molar-refractivity contribution is -0.242. The third-order valence-corrected chi connectivity index (χ3v) is 2.13. The van der Waals surface area contributed by atoms with Crippen molar-refractivity contribution in [3.05, 3.63) is 0 Å². The molecule has 1 saturated carbocycles. The van der Waals surface area contributed by atoms with Crippen LogP contribution in [0.4, 0.5) is 0 Å². The molecule has 0 amide bonds. The van der Waals surface area contributed by atoms with Crippen LogP contribution in [0.25, 0.3) is 0 Å². The van der Waals surface area contributed by atoms with Crippen molar-refractivity contribution in [2.24, 2.45) is 0 Å². The quantitative estimate of drug-likeness (QED) is 0.453. The number of hydrogen-bond acceptors (Lipinski definition) is 1. The van der Waals surface area contributed by atoms with Crippen LogP contribution in [0.5, 0.6) is 0 Å². The van der Waals surface area contributed by atoms with Crippen LogP contribution in [-0.2, 0) is 4.74 Å². The van der Waals surface area contributed by atoms with E-state index in [1.807, 2.05) is 6.92 Å². The van der Waals surface area contributed by atoms with Crippen LogP contribution in [0.15, 0.2) is 0 Å². The largest absolute Gasteiger partial charge is 0.410 e. The van der Waals surface area contributed by atoms with Crippen molar-refractivity contribution >= 4 is 0 Å². The standard InChI is InChI=1S/C9H18O2/c1-3-10-8(2)11-9-6-4-5-7-9/h8-9H,3-7H2,1-2H3/p+1. The monoisotopic (exact) mass is 159 g/mol. The topological polar surface area (TPSA) is 22.0 Å². The fourth-order valence-electron chi connectivity index (χ4n) is 1.60. The zero-order valence-electron chi connectivity index (χ0n) is 7.55. The highest BCUT2D eigenvalue weighted by Gasteiger charge is 2.19. The maximum Gasteiger partial charge on any atom is 0.261 e. The first-order valence-corrected chi connectivity index (χ1v) is 4.65. The molecule has 0 saturated heterocycles. The third-order valence-electron chi connectivity index (χ3n) is 2.13. The molecule has 1 atom stereocenters. The van der Waals surface area contributed by atoms with Gasteiger partial charge in [-0.15, -0.1) is 0 Å². The molecule has 66 valence electrons. The highest BCUT2D eigenvalue weighted by molar-refractivity contribution is 4.66. The van der Waals surface area contributed by atoms with Gasteiger partial charge in [0.05, 0.1) is 6.10 Å². The summed E-state index contributed by atoms with van der Waals surface area (Å²) >= 11 is 0. The fraction of sp³-hybridized carbons (Fsp3) is 1.00. The van der Waals surface area contributed by atoms with Gasteiger partial charge < -0.3 is 9.47 Å². The van der Waals surface area contributed by atoms with Crippen LogP contribution in [0.1, 0.15) is 39.5 Å². The first-order valence-electron chi connectivity index (χ1n) is 4.65. The smallest absolute Gasteiger partial charge is 0.261 e. The van der Waals surface area contributed by atoms with Crippen LogP contribution in [0.3, 0.4) is 0 Å². The van der Waals surface area contributed by atoms with Crippen LogP contribution in [0.2, 0.25) is 0 Å². The average Bonchev–Trinajstić information content (AvgIpc) is 2.40. The third kappa shape index (κ3) is 3.21. The van der Waals surface area contributed by atoms with E-state index >= 15 is 0 Å². The lowest BCUT2D eigenvalue weighted by Gasteiger charge is -2.14. The summed E-state index contributed by atoms with van der Waals surface area (Å²) in [6.07, 6.45) is 5.77. The molecule has 0 aliphatic heterocycles. The van der Waals surface area contributed by atoms with Crippen molar-refractivity contribution in [3.8, 4) is 0 Å². The van der Waals surface area contributed by atoms with E-state index in [9.17, 15) is 0 Å². The molecule has 1 rings (SSSR count). The van der Waals surface area contributed by atoms with Crippen molar-refractivity contribution < 1.29 is 9.47 Å². The molecular formula is C9H19O2+. The van der Waals surface area contributed by atoms with Gasteiger partial charge >= 0.3 is 0 Å². The van der Waals surface area contributed by atoms with Gasteiger partial charge in [-0.2, -0.15) is 0 Å². The van der Waals surface area contributed by atoms with Gasteiger partial charge in [-0.1, -0.05) is 12.8 Å². The van der Waals surface area contributed by atoms with Gasteiger partial charge in [-0.3, -0.25) is 0 Å². The Morgan fingerprint density at radius 2 is 2.09 bits per heavy atom. The molecule has 0 aromatic rings. The summed E-state index contributed by atoms with van der Waals surface area (Å²) in [6, 6.07) is 0. The normalized spacial score (nSPS) is 22.4. The zero-order valence-corrected chi connectivity index (χ0v) is 7.55. The number of ether oxygens (including phenoxy) is 2. The van der Waals surface area contributed by atoms with Gasteiger partial charge in [0.1, 0.15) is 6.61 Å². The Labute approximate surface area is 68.9 Å². The van der Waals surface area contributed by atoms with Gasteiger partial charge in [-0.05, 0) is 12.8 Å². The highest BCUT2D eigenvalue weighted by atomic mass is 16.7. The minimum absolute atomic E-state index is 0.114. The van der Waals surface area contributed by atoms with Crippen molar-refractivity contribution in [3.63, 3.8) is 0 Å². The van der Waals surface area contributed by atoms with Crippen molar-refractivity contribution in [2.75, 3.05) is 6.61 Å². The maximum atomic E-state index is 5.68. The summed E-state index contributed by atoms with van der Waals surface area (Å²) in [5.41, 5.74) is 0. The van der Waals surface area contributed by atoms with E-state index in [-0.39, 0.29) is 6.29 Å². The lowest BCUT2D eigenvalue weighted by atomic mass is 10.3. The van der Waals surface area contributed by atoms with Crippen LogP contribution < -0.4 is 0 Å². The van der Waals surface area contributed by atoms with Crippen LogP contribution >= 0.6 is 0 Å². The Balaban J connectivity index is 2.08. The Morgan fingerprint density at radius 3 is 2.64 bits per heavy atom. The Hall–Kier alpha value is -0.0800. The van der Waals surface area contributed by atoms with E-state index in [0.717, 1.165) is 6.61 Å². The summed E-state index contributed by atoms with van der Waals surface area (Å²) < 4.78 is 9.95. The van der Waals surface area contributed by atoms with Gasteiger partial charge in [0, 0.05) is 13.8 Å². The predicted octanol–water partition coefficient (Wildman–Crippen LogP) is 1.84. The molecule has 0 heterocycles. The molecule has 1 N–H and O–H groups in total. The van der Waals surface area contributed by atoms with Crippen LogP contribution in [0, 0.1) is 0 Å². The van der Waals surface area contributed by atoms with E-state index in [4.69, 9.17) is 4.74 Å². The molecule has 0 radical (unpaired) electrons. The van der Waals surface area contributed by atoms with Gasteiger partial charge in [0.25, 0.3) is 6.29 Å². The minimum atomic E-state index is 0.114. The molecule has 0 spiro atoms. The molecule has 2 nitrogen and oxygen atoms in total. The number of aliphatic hydroxyl groups is 2. The first-order chi connectivity index (χ1) is 5.33. The maximum absolute atomic E-state index is 5.68. The summed E-state index contributed by atoms with van der Waals surface area (Å²) in [6.45, 7) is 4.95. The molecule has 1 aliphatic carbocycles. The molecule has 1 aliphatic rings. The molecule has 2 heteroatoms. The first kappa shape index (κ1) is 9.01. The summed E-state index contributed by atoms with van der Waals surface area (Å²) in [5.74, 6) is 0. The highest BCUT2D eigenvalue weighted by Crippen LogP contribution is 2.21. The SMILES string of the molecule is CC[OH+]C(C)OC1CCCC1. The zero-order chi connectivity index (χ0) is 8.10. The minimum Gasteiger partial charge on any atom is -0.410 e. The molecule has 11 heavy (non-hydrogen) atoms. The van der Waals surface area contributed by atoms with E-state index in [1.165, 1.54) is 25.7 Å². The Kier molecular flexibility index (Phi) is 3.87. The van der Waals surface area contributed by atoms with E-state index < -0.39 is 0 Å². The van der Waals surface area contributed by atoms with Crippen molar-refractivity contribution in [1.29, 1.82) is 0 Å². The second-order valence-electron chi connectivity index (χ2n) is 3.14. The van der Waals surface area contributed by atoms with E-state index in [1.54, 1.807) is 0 Å². The number of hydrogen-bond donors (Lipinski definition) is 0. The molecule has 1 unspecified atom stereocenters. The summed E-state index contributed by atoms with van der Waals surface area (Å²) in [7, 11) is 0. The van der Waals surface area contributed by atoms with Crippen LogP contribution in [-0.4, -0.2) is 23.7 Å². The number of rotatable bonds is 4. The second-order valence-corrected chi connectivity index (χ2v) is 3.14. The molecule has 1 fully saturated rings. The lowest BCUT2D eigenvalue weighted by Crippen LogP contribution is -2.22. The van der Waals surface area contributed by atoms with E-state index in [0.29, 0.717) is 6.10 Å². The predicted molar refractivity (Wildman–Crippen MR) is 45.6 cm³/mol. The second kappa shape index (κ2) is 4.73. The van der Waals surface area contributed by atoms with Gasteiger partial charge in [0.15, 0.2) is 0 Å². The van der Waals surface area contributed by atoms with Crippen molar-refractivity contribution in [1.82, 2.24) is 0 Å². The Morgan fingerprint density at radius 1 is 1.45 bits per heavy atom. The van der Waals surface area contributed by atoms with Gasteiger partial charge in [-0.25, -0.2) is 0 Å². The molecule has 0 aromatic heterocycles. The van der Waals surface area contributed by atoms with Crippen molar-refractivity contribution in [2.45, 2.75) is 51.9 Å². The summed E-state index contributed by atoms with van der Waals surface area (Å²) in [4.78, 5) is 0. The summed E-state index contributed by atoms with van der Waals surface area (Å²) in [5, 5.41) is 0. The molecular weight excluding hydrogens is 140 g/mol. The van der Waals surface area contributed by atoms with Gasteiger partial charge in [0.2, 0.25) is 0 Å². The fourth-order valence-corrected chi connectivity index (χ4v) is 1.60.